The Balaban J connectivity index is 6.53. The van der Waals surface area contributed by atoms with Crippen LogP contribution in [0, 0.1) is 0 Å². The van der Waals surface area contributed by atoms with Gasteiger partial charge < -0.3 is 0 Å². The van der Waals surface area contributed by atoms with Gasteiger partial charge in [0.25, 0.3) is 0 Å². The van der Waals surface area contributed by atoms with Crippen molar-refractivity contribution in [3.63, 3.8) is 0 Å². The fourth-order valence-corrected chi connectivity index (χ4v) is 11.0. The molecule has 0 saturated heterocycles. The lowest BCUT2D eigenvalue weighted by Gasteiger charge is -2.25. The van der Waals surface area contributed by atoms with Crippen molar-refractivity contribution >= 4 is 45.4 Å². The van der Waals surface area contributed by atoms with Crippen LogP contribution in [-0.4, -0.2) is 44.8 Å². The van der Waals surface area contributed by atoms with Crippen molar-refractivity contribution in [2.75, 3.05) is 17.3 Å². The molecule has 0 amide bonds. The van der Waals surface area contributed by atoms with E-state index >= 15 is 0 Å². The van der Waals surface area contributed by atoms with E-state index in [1.807, 2.05) is 0 Å². The molecular formula is C7H15BrO6S3. The first-order valence-corrected chi connectivity index (χ1v) is 10.5. The molecule has 0 aromatic heterocycles. The van der Waals surface area contributed by atoms with Gasteiger partial charge in [-0.25, -0.2) is 25.3 Å². The highest BCUT2D eigenvalue weighted by Crippen LogP contribution is 2.39. The number of alkyl halides is 1. The van der Waals surface area contributed by atoms with Crippen molar-refractivity contribution in [3.8, 4) is 0 Å². The summed E-state index contributed by atoms with van der Waals surface area (Å²) in [5.41, 5.74) is 0. The molecule has 0 radical (unpaired) electrons. The molecule has 0 aromatic rings. The van der Waals surface area contributed by atoms with E-state index in [0.29, 0.717) is 0 Å². The summed E-state index contributed by atoms with van der Waals surface area (Å²) in [4.78, 5) is 0. The SMILES string of the molecule is CCS(=O)(=O)C(Br)(S(=O)(=O)CC)S(=O)(=O)CC. The zero-order valence-corrected chi connectivity index (χ0v) is 13.7. The second-order valence-corrected chi connectivity index (χ2v) is 14.0. The Labute approximate surface area is 111 Å². The lowest BCUT2D eigenvalue weighted by atomic mass is 11.0. The number of hydrogen-bond donors (Lipinski definition) is 0. The second-order valence-electron chi connectivity index (χ2n) is 3.19. The topological polar surface area (TPSA) is 102 Å². The molecule has 0 aliphatic heterocycles. The fourth-order valence-electron chi connectivity index (χ4n) is 1.10. The molecule has 0 spiro atoms. The van der Waals surface area contributed by atoms with Gasteiger partial charge in [-0.05, 0) is 15.9 Å². The molecule has 0 N–H and O–H groups in total. The lowest BCUT2D eigenvalue weighted by molar-refractivity contribution is 0.571. The molecule has 0 fully saturated rings. The molecule has 0 saturated carbocycles. The van der Waals surface area contributed by atoms with Crippen LogP contribution in [0.1, 0.15) is 20.8 Å². The Morgan fingerprint density at radius 3 is 1.00 bits per heavy atom. The second kappa shape index (κ2) is 5.14. The predicted molar refractivity (Wildman–Crippen MR) is 70.0 cm³/mol. The summed E-state index contributed by atoms with van der Waals surface area (Å²) in [5.74, 6) is -1.76. The van der Waals surface area contributed by atoms with Crippen LogP contribution >= 0.6 is 15.9 Å². The summed E-state index contributed by atoms with van der Waals surface area (Å²) in [6, 6.07) is 0. The number of halogens is 1. The molecule has 0 aliphatic rings. The van der Waals surface area contributed by atoms with Crippen molar-refractivity contribution < 1.29 is 25.3 Å². The van der Waals surface area contributed by atoms with E-state index < -0.39 is 49.1 Å². The summed E-state index contributed by atoms with van der Waals surface area (Å²) in [5, 5.41) is 0. The molecule has 10 heteroatoms. The maximum Gasteiger partial charge on any atom is 0.325 e. The summed E-state index contributed by atoms with van der Waals surface area (Å²) >= 11 is 2.47. The molecular weight excluding hydrogens is 356 g/mol. The zero-order chi connectivity index (χ0) is 14.1. The van der Waals surface area contributed by atoms with E-state index in [-0.39, 0.29) is 0 Å². The molecule has 0 rings (SSSR count). The van der Waals surface area contributed by atoms with Gasteiger partial charge in [-0.2, -0.15) is 0 Å². The maximum atomic E-state index is 11.8. The number of hydrogen-bond acceptors (Lipinski definition) is 6. The summed E-state index contributed by atoms with van der Waals surface area (Å²) in [6.45, 7) is 3.59. The normalized spacial score (nSPS) is 14.8. The van der Waals surface area contributed by atoms with Crippen LogP contribution in [0.4, 0.5) is 0 Å². The molecule has 0 unspecified atom stereocenters. The first kappa shape index (κ1) is 17.3. The van der Waals surface area contributed by atoms with Crippen LogP contribution in [-0.2, 0) is 29.5 Å². The highest BCUT2D eigenvalue weighted by atomic mass is 79.9. The predicted octanol–water partition coefficient (Wildman–Crippen LogP) is 0.297. The summed E-state index contributed by atoms with van der Waals surface area (Å²) in [6.07, 6.45) is 0. The van der Waals surface area contributed by atoms with Crippen molar-refractivity contribution in [3.05, 3.63) is 0 Å². The van der Waals surface area contributed by atoms with Gasteiger partial charge in [0.15, 0.2) is 29.5 Å². The Morgan fingerprint density at radius 1 is 0.706 bits per heavy atom. The minimum atomic E-state index is -4.36. The van der Waals surface area contributed by atoms with E-state index in [0.717, 1.165) is 0 Å². The minimum absolute atomic E-state index is 0.587. The van der Waals surface area contributed by atoms with Crippen molar-refractivity contribution in [1.82, 2.24) is 0 Å². The zero-order valence-electron chi connectivity index (χ0n) is 9.67. The van der Waals surface area contributed by atoms with E-state index in [9.17, 15) is 25.3 Å². The van der Waals surface area contributed by atoms with Gasteiger partial charge in [-0.1, -0.05) is 20.8 Å². The van der Waals surface area contributed by atoms with Crippen molar-refractivity contribution in [1.29, 1.82) is 0 Å². The van der Waals surface area contributed by atoms with Crippen LogP contribution in [0.5, 0.6) is 0 Å². The molecule has 104 valence electrons. The summed E-state index contributed by atoms with van der Waals surface area (Å²) in [7, 11) is -13.1. The maximum absolute atomic E-state index is 11.8. The molecule has 0 aromatic carbocycles. The van der Waals surface area contributed by atoms with Crippen LogP contribution in [0.25, 0.3) is 0 Å². The molecule has 0 bridgehead atoms. The number of rotatable bonds is 6. The summed E-state index contributed by atoms with van der Waals surface area (Å²) < 4.78 is 68.0. The lowest BCUT2D eigenvalue weighted by Crippen LogP contribution is -2.49. The largest absolute Gasteiger partial charge is 0.325 e. The first-order valence-electron chi connectivity index (χ1n) is 4.79. The molecule has 17 heavy (non-hydrogen) atoms. The van der Waals surface area contributed by atoms with E-state index in [1.165, 1.54) is 20.8 Å². The number of sulfone groups is 3. The third-order valence-corrected chi connectivity index (χ3v) is 15.8. The van der Waals surface area contributed by atoms with Crippen molar-refractivity contribution in [2.45, 2.75) is 23.1 Å². The molecule has 0 atom stereocenters. The monoisotopic (exact) mass is 370 g/mol. The quantitative estimate of drug-likeness (QED) is 0.622. The van der Waals surface area contributed by atoms with Gasteiger partial charge in [0.1, 0.15) is 0 Å². The van der Waals surface area contributed by atoms with Gasteiger partial charge in [0.05, 0.1) is 17.3 Å². The highest BCUT2D eigenvalue weighted by Gasteiger charge is 2.60. The van der Waals surface area contributed by atoms with Crippen LogP contribution in [0.15, 0.2) is 0 Å². The average Bonchev–Trinajstić information content (AvgIpc) is 2.27. The van der Waals surface area contributed by atoms with E-state index in [2.05, 4.69) is 15.9 Å². The molecule has 0 heterocycles. The van der Waals surface area contributed by atoms with Crippen LogP contribution in [0.3, 0.4) is 0 Å². The average molecular weight is 371 g/mol. The molecule has 0 aliphatic carbocycles. The van der Waals surface area contributed by atoms with Gasteiger partial charge in [-0.15, -0.1) is 0 Å². The standard InChI is InChI=1S/C7H15BrO6S3/c1-4-15(9,10)7(8,16(11,12)5-2)17(13,14)6-3/h4-6H2,1-3H3. The third kappa shape index (κ3) is 2.54. The van der Waals surface area contributed by atoms with Gasteiger partial charge in [0, 0.05) is 0 Å². The van der Waals surface area contributed by atoms with E-state index in [1.54, 1.807) is 0 Å². The highest BCUT2D eigenvalue weighted by molar-refractivity contribution is 9.15. The Hall–Kier alpha value is 0.330. The van der Waals surface area contributed by atoms with Gasteiger partial charge in [-0.3, -0.25) is 0 Å². The van der Waals surface area contributed by atoms with Crippen LogP contribution < -0.4 is 0 Å². The van der Waals surface area contributed by atoms with Gasteiger partial charge in [0.2, 0.25) is 0 Å². The first-order chi connectivity index (χ1) is 7.43. The van der Waals surface area contributed by atoms with Crippen LogP contribution in [0.2, 0.25) is 0 Å². The van der Waals surface area contributed by atoms with Crippen molar-refractivity contribution in [2.24, 2.45) is 0 Å². The smallest absolute Gasteiger partial charge is 0.225 e. The minimum Gasteiger partial charge on any atom is -0.225 e. The molecule has 6 nitrogen and oxygen atoms in total. The van der Waals surface area contributed by atoms with E-state index in [4.69, 9.17) is 0 Å². The van der Waals surface area contributed by atoms with Gasteiger partial charge >= 0.3 is 2.32 Å². The third-order valence-electron chi connectivity index (χ3n) is 2.25. The Bertz CT molecular complexity index is 488. The fraction of sp³-hybridized carbons (Fsp3) is 1.00. The Morgan fingerprint density at radius 2 is 0.882 bits per heavy atom. The Kier molecular flexibility index (Phi) is 5.24.